The Balaban J connectivity index is 2.33. The first-order valence-corrected chi connectivity index (χ1v) is 8.81. The molecule has 0 fully saturated rings. The molecule has 0 aliphatic heterocycles. The number of benzene rings is 2. The van der Waals surface area contributed by atoms with Crippen LogP contribution in [0.1, 0.15) is 11.1 Å². The quantitative estimate of drug-likeness (QED) is 0.502. The standard InChI is InChI=1S/C19H14BrClN2O4/c1-11-15(21)3-2-4-16(11)23-19(26)13(9-22)7-12-8-14(20)5-6-17(12)27-10-18(24)25/h2-8H,10H2,1H3,(H,23,26)(H,24,25)/b13-7-. The van der Waals surface area contributed by atoms with Crippen LogP contribution in [-0.2, 0) is 9.59 Å². The fraction of sp³-hybridized carbons (Fsp3) is 0.105. The number of halogens is 2. The number of nitrogens with zero attached hydrogens (tertiary/aromatic N) is 1. The number of carboxylic acid groups (broad SMARTS) is 1. The summed E-state index contributed by atoms with van der Waals surface area (Å²) in [5, 5.41) is 21.3. The second-order valence-corrected chi connectivity index (χ2v) is 6.72. The van der Waals surface area contributed by atoms with Crippen LogP contribution < -0.4 is 10.1 Å². The molecule has 138 valence electrons. The molecular weight excluding hydrogens is 436 g/mol. The van der Waals surface area contributed by atoms with Gasteiger partial charge in [0.15, 0.2) is 6.61 Å². The maximum atomic E-state index is 12.5. The normalized spacial score (nSPS) is 10.8. The summed E-state index contributed by atoms with van der Waals surface area (Å²) in [6.07, 6.45) is 1.33. The minimum absolute atomic E-state index is 0.173. The molecule has 0 saturated carbocycles. The Morgan fingerprint density at radius 3 is 2.78 bits per heavy atom. The maximum absolute atomic E-state index is 12.5. The molecule has 0 radical (unpaired) electrons. The van der Waals surface area contributed by atoms with Crippen LogP contribution in [0.15, 0.2) is 46.4 Å². The van der Waals surface area contributed by atoms with Crippen molar-refractivity contribution in [3.8, 4) is 11.8 Å². The van der Waals surface area contributed by atoms with Gasteiger partial charge in [0.25, 0.3) is 5.91 Å². The predicted octanol–water partition coefficient (Wildman–Crippen LogP) is 4.42. The highest BCUT2D eigenvalue weighted by molar-refractivity contribution is 9.10. The fourth-order valence-corrected chi connectivity index (χ4v) is 2.69. The molecule has 27 heavy (non-hydrogen) atoms. The number of aliphatic carboxylic acids is 1. The molecule has 0 unspecified atom stereocenters. The van der Waals surface area contributed by atoms with Gasteiger partial charge in [-0.05, 0) is 48.9 Å². The maximum Gasteiger partial charge on any atom is 0.341 e. The lowest BCUT2D eigenvalue weighted by Gasteiger charge is -2.10. The van der Waals surface area contributed by atoms with Crippen molar-refractivity contribution in [3.63, 3.8) is 0 Å². The third-order valence-electron chi connectivity index (χ3n) is 3.50. The van der Waals surface area contributed by atoms with E-state index in [0.29, 0.717) is 26.3 Å². The Kier molecular flexibility index (Phi) is 6.99. The third-order valence-corrected chi connectivity index (χ3v) is 4.41. The number of carbonyl (C=O) groups is 2. The SMILES string of the molecule is Cc1c(Cl)cccc1NC(=O)/C(C#N)=C\c1cc(Br)ccc1OCC(=O)O. The van der Waals surface area contributed by atoms with Gasteiger partial charge in [-0.3, -0.25) is 4.79 Å². The lowest BCUT2D eigenvalue weighted by molar-refractivity contribution is -0.139. The van der Waals surface area contributed by atoms with Crippen LogP contribution in [0.4, 0.5) is 5.69 Å². The van der Waals surface area contributed by atoms with Crippen molar-refractivity contribution in [1.29, 1.82) is 5.26 Å². The van der Waals surface area contributed by atoms with Gasteiger partial charge in [-0.15, -0.1) is 0 Å². The first-order chi connectivity index (χ1) is 12.8. The molecule has 0 spiro atoms. The molecular formula is C19H14BrClN2O4. The highest BCUT2D eigenvalue weighted by Gasteiger charge is 2.14. The van der Waals surface area contributed by atoms with Crippen molar-refractivity contribution in [2.24, 2.45) is 0 Å². The first kappa shape index (κ1) is 20.5. The summed E-state index contributed by atoms with van der Waals surface area (Å²) in [6.45, 7) is 1.21. The van der Waals surface area contributed by atoms with E-state index >= 15 is 0 Å². The summed E-state index contributed by atoms with van der Waals surface area (Å²) in [6, 6.07) is 11.7. The number of nitrogens with one attached hydrogen (secondary N) is 1. The molecule has 2 rings (SSSR count). The lowest BCUT2D eigenvalue weighted by Crippen LogP contribution is -2.14. The van der Waals surface area contributed by atoms with E-state index in [2.05, 4.69) is 21.2 Å². The second-order valence-electron chi connectivity index (χ2n) is 5.40. The summed E-state index contributed by atoms with van der Waals surface area (Å²) in [7, 11) is 0. The molecule has 2 aromatic rings. The van der Waals surface area contributed by atoms with Crippen molar-refractivity contribution in [3.05, 3.63) is 62.6 Å². The van der Waals surface area contributed by atoms with Gasteiger partial charge in [0.1, 0.15) is 17.4 Å². The number of amides is 1. The number of hydrogen-bond donors (Lipinski definition) is 2. The number of nitriles is 1. The lowest BCUT2D eigenvalue weighted by atomic mass is 10.1. The van der Waals surface area contributed by atoms with E-state index in [4.69, 9.17) is 21.4 Å². The molecule has 0 saturated heterocycles. The Bertz CT molecular complexity index is 967. The second kappa shape index (κ2) is 9.21. The number of carboxylic acids is 1. The van der Waals surface area contributed by atoms with E-state index < -0.39 is 18.5 Å². The molecule has 0 bridgehead atoms. The van der Waals surface area contributed by atoms with Crippen molar-refractivity contribution in [1.82, 2.24) is 0 Å². The number of rotatable bonds is 6. The number of anilines is 1. The summed E-state index contributed by atoms with van der Waals surface area (Å²) in [4.78, 5) is 23.2. The van der Waals surface area contributed by atoms with Crippen LogP contribution in [0.5, 0.6) is 5.75 Å². The molecule has 0 atom stereocenters. The molecule has 2 aromatic carbocycles. The first-order valence-electron chi connectivity index (χ1n) is 7.64. The molecule has 6 nitrogen and oxygen atoms in total. The van der Waals surface area contributed by atoms with Crippen LogP contribution in [0.3, 0.4) is 0 Å². The van der Waals surface area contributed by atoms with Crippen LogP contribution in [0.25, 0.3) is 6.08 Å². The van der Waals surface area contributed by atoms with Crippen LogP contribution >= 0.6 is 27.5 Å². The van der Waals surface area contributed by atoms with E-state index in [9.17, 15) is 14.9 Å². The summed E-state index contributed by atoms with van der Waals surface area (Å²) in [5.41, 5.74) is 1.38. The monoisotopic (exact) mass is 448 g/mol. The Hall–Kier alpha value is -2.82. The summed E-state index contributed by atoms with van der Waals surface area (Å²) < 4.78 is 5.89. The van der Waals surface area contributed by atoms with Crippen molar-refractivity contribution < 1.29 is 19.4 Å². The van der Waals surface area contributed by atoms with Gasteiger partial charge in [-0.1, -0.05) is 33.6 Å². The van der Waals surface area contributed by atoms with Crippen LogP contribution in [0, 0.1) is 18.3 Å². The van der Waals surface area contributed by atoms with Gasteiger partial charge in [0, 0.05) is 20.7 Å². The van der Waals surface area contributed by atoms with Crippen LogP contribution in [-0.4, -0.2) is 23.6 Å². The molecule has 2 N–H and O–H groups in total. The van der Waals surface area contributed by atoms with E-state index in [1.54, 1.807) is 43.3 Å². The van der Waals surface area contributed by atoms with Gasteiger partial charge >= 0.3 is 5.97 Å². The smallest absolute Gasteiger partial charge is 0.341 e. The summed E-state index contributed by atoms with van der Waals surface area (Å²) in [5.74, 6) is -1.52. The van der Waals surface area contributed by atoms with E-state index in [-0.39, 0.29) is 11.3 Å². The van der Waals surface area contributed by atoms with Crippen molar-refractivity contribution in [2.75, 3.05) is 11.9 Å². The molecule has 0 heterocycles. The average Bonchev–Trinajstić information content (AvgIpc) is 2.62. The average molecular weight is 450 g/mol. The molecule has 0 aromatic heterocycles. The molecule has 0 aliphatic carbocycles. The molecule has 0 aliphatic rings. The summed E-state index contributed by atoms with van der Waals surface area (Å²) >= 11 is 9.34. The Morgan fingerprint density at radius 2 is 2.11 bits per heavy atom. The zero-order valence-electron chi connectivity index (χ0n) is 14.1. The Labute approximate surface area is 169 Å². The largest absolute Gasteiger partial charge is 0.481 e. The van der Waals surface area contributed by atoms with E-state index in [0.717, 1.165) is 0 Å². The van der Waals surface area contributed by atoms with Gasteiger partial charge in [0.2, 0.25) is 0 Å². The zero-order chi connectivity index (χ0) is 20.0. The number of ether oxygens (including phenoxy) is 1. The van der Waals surface area contributed by atoms with E-state index in [1.807, 2.05) is 6.07 Å². The number of carbonyl (C=O) groups excluding carboxylic acids is 1. The van der Waals surface area contributed by atoms with Crippen molar-refractivity contribution in [2.45, 2.75) is 6.92 Å². The zero-order valence-corrected chi connectivity index (χ0v) is 16.5. The topological polar surface area (TPSA) is 99.4 Å². The van der Waals surface area contributed by atoms with Crippen LogP contribution in [0.2, 0.25) is 5.02 Å². The molecule has 8 heteroatoms. The highest BCUT2D eigenvalue weighted by atomic mass is 79.9. The van der Waals surface area contributed by atoms with E-state index in [1.165, 1.54) is 6.08 Å². The highest BCUT2D eigenvalue weighted by Crippen LogP contribution is 2.27. The minimum atomic E-state index is -1.14. The predicted molar refractivity (Wildman–Crippen MR) is 106 cm³/mol. The molecule has 1 amide bonds. The van der Waals surface area contributed by atoms with Crippen molar-refractivity contribution >= 4 is 51.2 Å². The number of hydrogen-bond acceptors (Lipinski definition) is 4. The van der Waals surface area contributed by atoms with Gasteiger partial charge in [-0.25, -0.2) is 4.79 Å². The van der Waals surface area contributed by atoms with Gasteiger partial charge in [0.05, 0.1) is 0 Å². The van der Waals surface area contributed by atoms with Gasteiger partial charge < -0.3 is 15.2 Å². The third kappa shape index (κ3) is 5.58. The Morgan fingerprint density at radius 1 is 1.37 bits per heavy atom. The minimum Gasteiger partial charge on any atom is -0.481 e. The van der Waals surface area contributed by atoms with Gasteiger partial charge in [-0.2, -0.15) is 5.26 Å². The fourth-order valence-electron chi connectivity index (χ4n) is 2.14.